The highest BCUT2D eigenvalue weighted by atomic mass is 32.2. The van der Waals surface area contributed by atoms with Gasteiger partial charge in [0.25, 0.3) is 5.69 Å². The van der Waals surface area contributed by atoms with Crippen LogP contribution in [0, 0.1) is 10.1 Å². The summed E-state index contributed by atoms with van der Waals surface area (Å²) in [7, 11) is 0. The summed E-state index contributed by atoms with van der Waals surface area (Å²) in [5.41, 5.74) is 2.04. The van der Waals surface area contributed by atoms with Crippen LogP contribution in [0.4, 0.5) is 5.69 Å². The number of nitrogens with zero attached hydrogens (tertiary/aromatic N) is 1. The van der Waals surface area contributed by atoms with Crippen LogP contribution in [0.1, 0.15) is 18.1 Å². The van der Waals surface area contributed by atoms with E-state index in [0.29, 0.717) is 24.7 Å². The maximum absolute atomic E-state index is 11.9. The molecule has 0 fully saturated rings. The number of thioether (sulfide) groups is 1. The molecule has 132 valence electrons. The summed E-state index contributed by atoms with van der Waals surface area (Å²) in [6, 6.07) is 14.0. The van der Waals surface area contributed by atoms with Crippen molar-refractivity contribution < 1.29 is 14.5 Å². The molecule has 0 aromatic heterocycles. The maximum Gasteiger partial charge on any atom is 0.269 e. The lowest BCUT2D eigenvalue weighted by atomic mass is 10.2. The van der Waals surface area contributed by atoms with Gasteiger partial charge < -0.3 is 10.1 Å². The van der Waals surface area contributed by atoms with Crippen LogP contribution in [-0.4, -0.2) is 23.2 Å². The van der Waals surface area contributed by atoms with Crippen LogP contribution < -0.4 is 10.1 Å². The van der Waals surface area contributed by atoms with Gasteiger partial charge in [0.15, 0.2) is 0 Å². The Bertz CT molecular complexity index is 702. The maximum atomic E-state index is 11.9. The summed E-state index contributed by atoms with van der Waals surface area (Å²) in [6.07, 6.45) is 0. The number of amides is 1. The molecular formula is C18H20N2O4S. The van der Waals surface area contributed by atoms with Gasteiger partial charge in [-0.25, -0.2) is 0 Å². The fourth-order valence-electron chi connectivity index (χ4n) is 2.10. The average molecular weight is 360 g/mol. The molecule has 2 aromatic rings. The van der Waals surface area contributed by atoms with Gasteiger partial charge in [-0.15, -0.1) is 11.8 Å². The first-order valence-electron chi connectivity index (χ1n) is 7.88. The van der Waals surface area contributed by atoms with Crippen molar-refractivity contribution in [1.29, 1.82) is 0 Å². The minimum atomic E-state index is -0.425. The van der Waals surface area contributed by atoms with E-state index in [0.717, 1.165) is 16.9 Å². The van der Waals surface area contributed by atoms with Crippen LogP contribution in [0.25, 0.3) is 0 Å². The fourth-order valence-corrected chi connectivity index (χ4v) is 2.92. The number of carbonyl (C=O) groups excluding carboxylic acids is 1. The van der Waals surface area contributed by atoms with Gasteiger partial charge in [-0.3, -0.25) is 14.9 Å². The highest BCUT2D eigenvalue weighted by Crippen LogP contribution is 2.17. The molecule has 2 aromatic carbocycles. The Morgan fingerprint density at radius 1 is 1.12 bits per heavy atom. The lowest BCUT2D eigenvalue weighted by molar-refractivity contribution is -0.384. The molecule has 0 atom stereocenters. The molecule has 1 amide bonds. The first-order chi connectivity index (χ1) is 12.1. The van der Waals surface area contributed by atoms with E-state index in [1.165, 1.54) is 23.9 Å². The predicted molar refractivity (Wildman–Crippen MR) is 98.7 cm³/mol. The third kappa shape index (κ3) is 6.46. The molecule has 0 radical (unpaired) electrons. The molecule has 0 unspecified atom stereocenters. The topological polar surface area (TPSA) is 81.5 Å². The predicted octanol–water partition coefficient (Wildman–Crippen LogP) is 3.54. The van der Waals surface area contributed by atoms with E-state index in [4.69, 9.17) is 4.74 Å². The molecule has 1 N–H and O–H groups in total. The van der Waals surface area contributed by atoms with Crippen molar-refractivity contribution in [3.8, 4) is 5.75 Å². The Kier molecular flexibility index (Phi) is 7.28. The molecule has 0 aliphatic carbocycles. The minimum absolute atomic E-state index is 0.0409. The summed E-state index contributed by atoms with van der Waals surface area (Å²) >= 11 is 1.47. The third-order valence-corrected chi connectivity index (χ3v) is 4.38. The van der Waals surface area contributed by atoms with Crippen LogP contribution in [0.15, 0.2) is 48.5 Å². The van der Waals surface area contributed by atoms with Crippen molar-refractivity contribution in [3.05, 3.63) is 69.8 Å². The standard InChI is InChI=1S/C18H20N2O4S/c1-2-24-17-9-5-14(6-10-17)11-19-18(21)13-25-12-15-3-7-16(8-4-15)20(22)23/h3-10H,2,11-13H2,1H3,(H,19,21). The largest absolute Gasteiger partial charge is 0.494 e. The molecule has 2 rings (SSSR count). The van der Waals surface area contributed by atoms with Crippen molar-refractivity contribution in [1.82, 2.24) is 5.32 Å². The van der Waals surface area contributed by atoms with Crippen LogP contribution in [0.3, 0.4) is 0 Å². The number of rotatable bonds is 9. The zero-order valence-electron chi connectivity index (χ0n) is 13.9. The van der Waals surface area contributed by atoms with E-state index in [1.54, 1.807) is 12.1 Å². The van der Waals surface area contributed by atoms with E-state index >= 15 is 0 Å². The van der Waals surface area contributed by atoms with Crippen LogP contribution in [0.5, 0.6) is 5.75 Å². The molecule has 0 spiro atoms. The summed E-state index contributed by atoms with van der Waals surface area (Å²) in [4.78, 5) is 22.0. The number of ether oxygens (including phenoxy) is 1. The normalized spacial score (nSPS) is 10.3. The van der Waals surface area contributed by atoms with Gasteiger partial charge >= 0.3 is 0 Å². The quantitative estimate of drug-likeness (QED) is 0.546. The fraction of sp³-hybridized carbons (Fsp3) is 0.278. The molecule has 0 saturated heterocycles. The second-order valence-corrected chi connectivity index (χ2v) is 6.26. The molecule has 6 nitrogen and oxygen atoms in total. The Labute approximate surface area is 150 Å². The molecule has 0 aliphatic rings. The highest BCUT2D eigenvalue weighted by Gasteiger charge is 2.06. The second kappa shape index (κ2) is 9.68. The van der Waals surface area contributed by atoms with Gasteiger partial charge in [-0.05, 0) is 30.2 Å². The zero-order valence-corrected chi connectivity index (χ0v) is 14.8. The second-order valence-electron chi connectivity index (χ2n) is 5.27. The number of hydrogen-bond donors (Lipinski definition) is 1. The average Bonchev–Trinajstić information content (AvgIpc) is 2.62. The lowest BCUT2D eigenvalue weighted by Gasteiger charge is -2.07. The van der Waals surface area contributed by atoms with Crippen molar-refractivity contribution in [3.63, 3.8) is 0 Å². The monoisotopic (exact) mass is 360 g/mol. The van der Waals surface area contributed by atoms with E-state index in [9.17, 15) is 14.9 Å². The molecule has 0 saturated carbocycles. The van der Waals surface area contributed by atoms with E-state index in [1.807, 2.05) is 31.2 Å². The number of benzene rings is 2. The van der Waals surface area contributed by atoms with E-state index in [-0.39, 0.29) is 11.6 Å². The molecule has 25 heavy (non-hydrogen) atoms. The van der Waals surface area contributed by atoms with Gasteiger partial charge in [0.2, 0.25) is 5.91 Å². The van der Waals surface area contributed by atoms with Gasteiger partial charge in [-0.1, -0.05) is 24.3 Å². The molecular weight excluding hydrogens is 340 g/mol. The first-order valence-corrected chi connectivity index (χ1v) is 9.03. The summed E-state index contributed by atoms with van der Waals surface area (Å²) in [5.74, 6) is 1.75. The molecule has 0 heterocycles. The van der Waals surface area contributed by atoms with Gasteiger partial charge in [0.05, 0.1) is 17.3 Å². The van der Waals surface area contributed by atoms with Crippen molar-refractivity contribution in [2.75, 3.05) is 12.4 Å². The van der Waals surface area contributed by atoms with Crippen molar-refractivity contribution >= 4 is 23.4 Å². The Balaban J connectivity index is 1.69. The van der Waals surface area contributed by atoms with Gasteiger partial charge in [0.1, 0.15) is 5.75 Å². The highest BCUT2D eigenvalue weighted by molar-refractivity contribution is 7.99. The smallest absolute Gasteiger partial charge is 0.269 e. The SMILES string of the molecule is CCOc1ccc(CNC(=O)CSCc2ccc([N+](=O)[O-])cc2)cc1. The Morgan fingerprint density at radius 2 is 1.76 bits per heavy atom. The van der Waals surface area contributed by atoms with Gasteiger partial charge in [0, 0.05) is 24.4 Å². The lowest BCUT2D eigenvalue weighted by Crippen LogP contribution is -2.24. The van der Waals surface area contributed by atoms with Gasteiger partial charge in [-0.2, -0.15) is 0 Å². The Hall–Kier alpha value is -2.54. The number of non-ortho nitro benzene ring substituents is 1. The number of nitrogens with one attached hydrogen (secondary N) is 1. The summed E-state index contributed by atoms with van der Waals surface area (Å²) in [6.45, 7) is 3.04. The molecule has 7 heteroatoms. The van der Waals surface area contributed by atoms with E-state index < -0.39 is 4.92 Å². The minimum Gasteiger partial charge on any atom is -0.494 e. The number of nitro benzene ring substituents is 1. The number of nitro groups is 1. The third-order valence-electron chi connectivity index (χ3n) is 3.37. The van der Waals surface area contributed by atoms with Crippen LogP contribution in [0.2, 0.25) is 0 Å². The Morgan fingerprint density at radius 3 is 2.36 bits per heavy atom. The van der Waals surface area contributed by atoms with Crippen LogP contribution >= 0.6 is 11.8 Å². The number of hydrogen-bond acceptors (Lipinski definition) is 5. The molecule has 0 bridgehead atoms. The van der Waals surface area contributed by atoms with Crippen LogP contribution in [-0.2, 0) is 17.1 Å². The first kappa shape index (κ1) is 18.8. The number of carbonyl (C=O) groups is 1. The van der Waals surface area contributed by atoms with Crippen molar-refractivity contribution in [2.24, 2.45) is 0 Å². The van der Waals surface area contributed by atoms with E-state index in [2.05, 4.69) is 5.32 Å². The zero-order chi connectivity index (χ0) is 18.1. The summed E-state index contributed by atoms with van der Waals surface area (Å²) < 4.78 is 5.37. The summed E-state index contributed by atoms with van der Waals surface area (Å²) in [5, 5.41) is 13.5. The van der Waals surface area contributed by atoms with Crippen molar-refractivity contribution in [2.45, 2.75) is 19.2 Å². The molecule has 0 aliphatic heterocycles.